The fourth-order valence-electron chi connectivity index (χ4n) is 1.75. The number of aromatic nitrogens is 2. The van der Waals surface area contributed by atoms with Gasteiger partial charge in [-0.05, 0) is 6.92 Å². The summed E-state index contributed by atoms with van der Waals surface area (Å²) < 4.78 is 6.65. The van der Waals surface area contributed by atoms with E-state index in [9.17, 15) is 4.79 Å². The average Bonchev–Trinajstić information content (AvgIpc) is 2.53. The fourth-order valence-corrected chi connectivity index (χ4v) is 1.75. The van der Waals surface area contributed by atoms with Gasteiger partial charge in [-0.15, -0.1) is 0 Å². The molecule has 1 aliphatic rings. The Morgan fingerprint density at radius 3 is 3.14 bits per heavy atom. The first-order chi connectivity index (χ1) is 6.74. The molecule has 0 fully saturated rings. The third-order valence-electron chi connectivity index (χ3n) is 2.40. The van der Waals surface area contributed by atoms with Gasteiger partial charge >= 0.3 is 5.97 Å². The zero-order valence-corrected chi connectivity index (χ0v) is 8.33. The number of aryl methyl sites for hydroxylation is 1. The smallest absolute Gasteiger partial charge is 0.356 e. The Labute approximate surface area is 82.1 Å². The molecule has 1 N–H and O–H groups in total. The van der Waals surface area contributed by atoms with Gasteiger partial charge in [0.25, 0.3) is 0 Å². The van der Waals surface area contributed by atoms with Crippen LogP contribution < -0.4 is 5.32 Å². The molecule has 0 radical (unpaired) electrons. The van der Waals surface area contributed by atoms with E-state index in [0.29, 0.717) is 5.69 Å². The highest BCUT2D eigenvalue weighted by molar-refractivity contribution is 5.88. The van der Waals surface area contributed by atoms with Crippen LogP contribution in [0.4, 0.5) is 0 Å². The van der Waals surface area contributed by atoms with Crippen molar-refractivity contribution in [1.29, 1.82) is 0 Å². The van der Waals surface area contributed by atoms with Crippen molar-refractivity contribution in [3.8, 4) is 0 Å². The van der Waals surface area contributed by atoms with Gasteiger partial charge in [0.15, 0.2) is 5.69 Å². The topological polar surface area (TPSA) is 56.1 Å². The van der Waals surface area contributed by atoms with Crippen molar-refractivity contribution in [1.82, 2.24) is 14.9 Å². The minimum atomic E-state index is -0.303. The Hall–Kier alpha value is -1.36. The van der Waals surface area contributed by atoms with E-state index in [2.05, 4.69) is 10.3 Å². The lowest BCUT2D eigenvalue weighted by molar-refractivity contribution is 0.0586. The molecule has 0 unspecified atom stereocenters. The standard InChI is InChI=1S/C9H13N3O2/c1-6-8(9(13)14-2)12-4-3-10-5-7(12)11-6/h10H,3-5H2,1-2H3. The van der Waals surface area contributed by atoms with Gasteiger partial charge in [0.05, 0.1) is 19.3 Å². The summed E-state index contributed by atoms with van der Waals surface area (Å²) in [7, 11) is 1.39. The molecule has 76 valence electrons. The molecule has 0 aliphatic carbocycles. The van der Waals surface area contributed by atoms with Crippen LogP contribution in [-0.2, 0) is 17.8 Å². The first-order valence-corrected chi connectivity index (χ1v) is 4.59. The Bertz CT molecular complexity index is 370. The number of nitrogens with zero attached hydrogens (tertiary/aromatic N) is 2. The number of esters is 1. The Morgan fingerprint density at radius 1 is 1.64 bits per heavy atom. The second kappa shape index (κ2) is 3.42. The first kappa shape index (κ1) is 9.21. The Kier molecular flexibility index (Phi) is 2.25. The number of carbonyl (C=O) groups excluding carboxylic acids is 1. The molecule has 0 spiro atoms. The van der Waals surface area contributed by atoms with Crippen molar-refractivity contribution >= 4 is 5.97 Å². The lowest BCUT2D eigenvalue weighted by Crippen LogP contribution is -2.30. The number of hydrogen-bond donors (Lipinski definition) is 1. The molecule has 0 aromatic carbocycles. The highest BCUT2D eigenvalue weighted by atomic mass is 16.5. The van der Waals surface area contributed by atoms with Crippen LogP contribution in [0.15, 0.2) is 0 Å². The Balaban J connectivity index is 2.47. The maximum absolute atomic E-state index is 11.5. The van der Waals surface area contributed by atoms with Gasteiger partial charge in [-0.25, -0.2) is 9.78 Å². The maximum atomic E-state index is 11.5. The third kappa shape index (κ3) is 1.29. The van der Waals surface area contributed by atoms with Gasteiger partial charge < -0.3 is 14.6 Å². The molecule has 0 amide bonds. The minimum absolute atomic E-state index is 0.303. The van der Waals surface area contributed by atoms with Crippen LogP contribution in [0.1, 0.15) is 22.0 Å². The Morgan fingerprint density at radius 2 is 2.43 bits per heavy atom. The second-order valence-electron chi connectivity index (χ2n) is 3.28. The zero-order chi connectivity index (χ0) is 10.1. The van der Waals surface area contributed by atoms with Crippen LogP contribution in [0.5, 0.6) is 0 Å². The van der Waals surface area contributed by atoms with Gasteiger partial charge in [-0.2, -0.15) is 0 Å². The second-order valence-corrected chi connectivity index (χ2v) is 3.28. The number of hydrogen-bond acceptors (Lipinski definition) is 4. The molecule has 5 heteroatoms. The third-order valence-corrected chi connectivity index (χ3v) is 2.40. The van der Waals surface area contributed by atoms with Crippen molar-refractivity contribution < 1.29 is 9.53 Å². The van der Waals surface area contributed by atoms with E-state index >= 15 is 0 Å². The molecule has 2 heterocycles. The van der Waals surface area contributed by atoms with Gasteiger partial charge in [0, 0.05) is 13.1 Å². The van der Waals surface area contributed by atoms with E-state index in [1.807, 2.05) is 11.5 Å². The van der Waals surface area contributed by atoms with Crippen molar-refractivity contribution in [2.24, 2.45) is 0 Å². The zero-order valence-electron chi connectivity index (χ0n) is 8.33. The fraction of sp³-hybridized carbons (Fsp3) is 0.556. The van der Waals surface area contributed by atoms with Crippen molar-refractivity contribution in [3.63, 3.8) is 0 Å². The number of imidazole rings is 1. The van der Waals surface area contributed by atoms with Crippen LogP contribution >= 0.6 is 0 Å². The molecule has 0 bridgehead atoms. The maximum Gasteiger partial charge on any atom is 0.356 e. The summed E-state index contributed by atoms with van der Waals surface area (Å²) in [6.07, 6.45) is 0. The monoisotopic (exact) mass is 195 g/mol. The molecule has 0 atom stereocenters. The van der Waals surface area contributed by atoms with Crippen LogP contribution in [0, 0.1) is 6.92 Å². The summed E-state index contributed by atoms with van der Waals surface area (Å²) in [5.74, 6) is 0.609. The molecule has 1 aliphatic heterocycles. The number of methoxy groups -OCH3 is 1. The molecular formula is C9H13N3O2. The highest BCUT2D eigenvalue weighted by Crippen LogP contribution is 2.14. The van der Waals surface area contributed by atoms with Gasteiger partial charge in [-0.1, -0.05) is 0 Å². The molecule has 5 nitrogen and oxygen atoms in total. The number of rotatable bonds is 1. The van der Waals surface area contributed by atoms with E-state index in [0.717, 1.165) is 31.2 Å². The van der Waals surface area contributed by atoms with Crippen molar-refractivity contribution in [2.75, 3.05) is 13.7 Å². The van der Waals surface area contributed by atoms with E-state index in [-0.39, 0.29) is 5.97 Å². The van der Waals surface area contributed by atoms with Gasteiger partial charge in [-0.3, -0.25) is 0 Å². The molecule has 0 saturated carbocycles. The van der Waals surface area contributed by atoms with Crippen molar-refractivity contribution in [2.45, 2.75) is 20.0 Å². The van der Waals surface area contributed by atoms with Crippen LogP contribution in [0.2, 0.25) is 0 Å². The SMILES string of the molecule is COC(=O)c1c(C)nc2n1CCNC2. The summed E-state index contributed by atoms with van der Waals surface area (Å²) in [5.41, 5.74) is 1.33. The predicted molar refractivity (Wildman–Crippen MR) is 50.0 cm³/mol. The normalized spacial score (nSPS) is 15.0. The summed E-state index contributed by atoms with van der Waals surface area (Å²) >= 11 is 0. The van der Waals surface area contributed by atoms with Gasteiger partial charge in [0.1, 0.15) is 5.82 Å². The van der Waals surface area contributed by atoms with Crippen molar-refractivity contribution in [3.05, 3.63) is 17.2 Å². The lowest BCUT2D eigenvalue weighted by Gasteiger charge is -2.16. The van der Waals surface area contributed by atoms with Gasteiger partial charge in [0.2, 0.25) is 0 Å². The largest absolute Gasteiger partial charge is 0.464 e. The number of ether oxygens (including phenoxy) is 1. The molecule has 14 heavy (non-hydrogen) atoms. The molecule has 0 saturated heterocycles. The van der Waals surface area contributed by atoms with E-state index in [4.69, 9.17) is 4.74 Å². The average molecular weight is 195 g/mol. The number of carbonyl (C=O) groups is 1. The van der Waals surface area contributed by atoms with E-state index in [1.54, 1.807) is 0 Å². The molecule has 1 aromatic rings. The van der Waals surface area contributed by atoms with Crippen LogP contribution in [-0.4, -0.2) is 29.2 Å². The minimum Gasteiger partial charge on any atom is -0.464 e. The highest BCUT2D eigenvalue weighted by Gasteiger charge is 2.22. The molecule has 2 rings (SSSR count). The number of fused-ring (bicyclic) bond motifs is 1. The summed E-state index contributed by atoms with van der Waals surface area (Å²) in [6.45, 7) is 4.20. The summed E-state index contributed by atoms with van der Waals surface area (Å²) in [5, 5.41) is 3.20. The number of nitrogens with one attached hydrogen (secondary N) is 1. The molecular weight excluding hydrogens is 182 g/mol. The van der Waals surface area contributed by atoms with E-state index < -0.39 is 0 Å². The quantitative estimate of drug-likeness (QED) is 0.645. The summed E-state index contributed by atoms with van der Waals surface area (Å²) in [4.78, 5) is 15.8. The van der Waals surface area contributed by atoms with E-state index in [1.165, 1.54) is 7.11 Å². The first-order valence-electron chi connectivity index (χ1n) is 4.59. The lowest BCUT2D eigenvalue weighted by atomic mass is 10.3. The molecule has 1 aromatic heterocycles. The van der Waals surface area contributed by atoms with Crippen LogP contribution in [0.25, 0.3) is 0 Å². The van der Waals surface area contributed by atoms with Crippen LogP contribution in [0.3, 0.4) is 0 Å². The predicted octanol–water partition coefficient (Wildman–Crippen LogP) is 0.0813. The summed E-state index contributed by atoms with van der Waals surface area (Å²) in [6, 6.07) is 0.